The molecule has 0 saturated heterocycles. The number of aromatic amines is 1. The highest BCUT2D eigenvalue weighted by atomic mass is 16.1. The van der Waals surface area contributed by atoms with Gasteiger partial charge in [-0.05, 0) is 24.6 Å². The number of hydrogen-bond donors (Lipinski definition) is 2. The van der Waals surface area contributed by atoms with Gasteiger partial charge in [0.25, 0.3) is 0 Å². The van der Waals surface area contributed by atoms with Crippen LogP contribution >= 0.6 is 0 Å². The van der Waals surface area contributed by atoms with Crippen molar-refractivity contribution in [1.82, 2.24) is 4.98 Å². The molecule has 0 atom stereocenters. The fraction of sp³-hybridized carbons (Fsp3) is 0.100. The average Bonchev–Trinajstić information content (AvgIpc) is 2.21. The maximum Gasteiger partial charge on any atom is 0.248 e. The summed E-state index contributed by atoms with van der Waals surface area (Å²) in [6.07, 6.45) is 0. The summed E-state index contributed by atoms with van der Waals surface area (Å²) < 4.78 is 0. The third-order valence-corrected chi connectivity index (χ3v) is 1.63. The topological polar surface area (TPSA) is 58.9 Å². The molecule has 0 aliphatic rings. The first kappa shape index (κ1) is 9.48. The van der Waals surface area contributed by atoms with Crippen LogP contribution in [-0.4, -0.2) is 12.0 Å². The Labute approximate surface area is 76.2 Å². The Morgan fingerprint density at radius 3 is 2.54 bits per heavy atom. The summed E-state index contributed by atoms with van der Waals surface area (Å²) in [5.41, 5.74) is 5.34. The molecule has 0 aliphatic carbocycles. The van der Waals surface area contributed by atoms with E-state index in [1.165, 1.54) is 13.1 Å². The van der Waals surface area contributed by atoms with Gasteiger partial charge in [0.15, 0.2) is 0 Å². The fourth-order valence-electron chi connectivity index (χ4n) is 1.10. The van der Waals surface area contributed by atoms with Gasteiger partial charge in [-0.1, -0.05) is 18.2 Å². The van der Waals surface area contributed by atoms with E-state index in [0.29, 0.717) is 0 Å². The maximum absolute atomic E-state index is 10.8. The molecule has 1 heterocycles. The lowest BCUT2D eigenvalue weighted by atomic mass is 10.2. The minimum absolute atomic E-state index is 0.0521. The molecular formula is C10H12N2O. The Bertz CT molecular complexity index is 434. The van der Waals surface area contributed by atoms with Gasteiger partial charge in [-0.2, -0.15) is 0 Å². The van der Waals surface area contributed by atoms with Crippen molar-refractivity contribution < 1.29 is 0 Å². The van der Waals surface area contributed by atoms with Crippen molar-refractivity contribution in [3.63, 3.8) is 0 Å². The molecule has 0 spiro atoms. The van der Waals surface area contributed by atoms with Gasteiger partial charge < -0.3 is 10.7 Å². The molecule has 0 fully saturated rings. The largest absolute Gasteiger partial charge is 0.333 e. The van der Waals surface area contributed by atoms with Crippen LogP contribution in [0.3, 0.4) is 0 Å². The van der Waals surface area contributed by atoms with E-state index in [1.807, 2.05) is 30.3 Å². The highest BCUT2D eigenvalue weighted by molar-refractivity contribution is 5.77. The smallest absolute Gasteiger partial charge is 0.248 e. The molecule has 0 bridgehead atoms. The summed E-state index contributed by atoms with van der Waals surface area (Å²) in [5, 5.41) is 1.06. The van der Waals surface area contributed by atoms with Crippen molar-refractivity contribution in [1.29, 1.82) is 0 Å². The molecule has 1 aromatic carbocycles. The Morgan fingerprint density at radius 1 is 1.08 bits per heavy atom. The number of H-pyrrole nitrogens is 1. The summed E-state index contributed by atoms with van der Waals surface area (Å²) in [6, 6.07) is 11.0. The molecule has 2 rings (SSSR count). The molecule has 3 heteroatoms. The van der Waals surface area contributed by atoms with Gasteiger partial charge in [0.1, 0.15) is 0 Å². The second-order valence-electron chi connectivity index (χ2n) is 2.41. The number of nitrogens with two attached hydrogens (primary N) is 1. The molecule has 0 amide bonds. The van der Waals surface area contributed by atoms with Gasteiger partial charge in [0.05, 0.1) is 0 Å². The summed E-state index contributed by atoms with van der Waals surface area (Å²) in [4.78, 5) is 13.6. The summed E-state index contributed by atoms with van der Waals surface area (Å²) in [5.74, 6) is 0. The number of nitrogens with one attached hydrogen (secondary N) is 1. The summed E-state index contributed by atoms with van der Waals surface area (Å²) in [7, 11) is 1.50. The molecule has 0 unspecified atom stereocenters. The van der Waals surface area contributed by atoms with Gasteiger partial charge in [0.2, 0.25) is 5.56 Å². The van der Waals surface area contributed by atoms with Crippen molar-refractivity contribution in [3.8, 4) is 0 Å². The molecule has 68 valence electrons. The average molecular weight is 176 g/mol. The van der Waals surface area contributed by atoms with E-state index in [0.717, 1.165) is 10.9 Å². The first-order valence-corrected chi connectivity index (χ1v) is 4.02. The van der Waals surface area contributed by atoms with Crippen molar-refractivity contribution in [2.45, 2.75) is 0 Å². The SMILES string of the molecule is CN.O=c1ccc2ccccc2[nH]1. The molecule has 13 heavy (non-hydrogen) atoms. The van der Waals surface area contributed by atoms with Crippen molar-refractivity contribution in [2.24, 2.45) is 5.73 Å². The summed E-state index contributed by atoms with van der Waals surface area (Å²) in [6.45, 7) is 0. The number of pyridine rings is 1. The Kier molecular flexibility index (Phi) is 3.23. The zero-order valence-corrected chi connectivity index (χ0v) is 7.45. The van der Waals surface area contributed by atoms with Gasteiger partial charge in [-0.3, -0.25) is 4.79 Å². The quantitative estimate of drug-likeness (QED) is 0.631. The predicted octanol–water partition coefficient (Wildman–Crippen LogP) is 1.10. The zero-order chi connectivity index (χ0) is 9.68. The first-order valence-electron chi connectivity index (χ1n) is 4.02. The van der Waals surface area contributed by atoms with Gasteiger partial charge in [-0.15, -0.1) is 0 Å². The second kappa shape index (κ2) is 4.42. The van der Waals surface area contributed by atoms with E-state index >= 15 is 0 Å². The van der Waals surface area contributed by atoms with E-state index in [9.17, 15) is 4.79 Å². The highest BCUT2D eigenvalue weighted by Crippen LogP contribution is 2.06. The Balaban J connectivity index is 0.000000396. The van der Waals surface area contributed by atoms with Crippen LogP contribution in [0.25, 0.3) is 10.9 Å². The van der Waals surface area contributed by atoms with E-state index in [-0.39, 0.29) is 5.56 Å². The number of para-hydroxylation sites is 1. The zero-order valence-electron chi connectivity index (χ0n) is 7.45. The van der Waals surface area contributed by atoms with Crippen molar-refractivity contribution >= 4 is 10.9 Å². The highest BCUT2D eigenvalue weighted by Gasteiger charge is 1.89. The fourth-order valence-corrected chi connectivity index (χ4v) is 1.10. The van der Waals surface area contributed by atoms with Crippen LogP contribution in [0.15, 0.2) is 41.2 Å². The van der Waals surface area contributed by atoms with Gasteiger partial charge in [0, 0.05) is 11.6 Å². The van der Waals surface area contributed by atoms with Crippen LogP contribution in [0.4, 0.5) is 0 Å². The minimum Gasteiger partial charge on any atom is -0.333 e. The number of aromatic nitrogens is 1. The molecule has 1 aromatic heterocycles. The number of fused-ring (bicyclic) bond motifs is 1. The molecule has 2 aromatic rings. The summed E-state index contributed by atoms with van der Waals surface area (Å²) >= 11 is 0. The van der Waals surface area contributed by atoms with Crippen LogP contribution in [0.2, 0.25) is 0 Å². The van der Waals surface area contributed by atoms with E-state index in [2.05, 4.69) is 10.7 Å². The lowest BCUT2D eigenvalue weighted by molar-refractivity contribution is 1.31. The monoisotopic (exact) mass is 176 g/mol. The van der Waals surface area contributed by atoms with Crippen LogP contribution in [0.1, 0.15) is 0 Å². The molecule has 3 N–H and O–H groups in total. The standard InChI is InChI=1S/C9H7NO.CH5N/c11-9-6-5-7-3-1-2-4-8(7)10-9;1-2/h1-6H,(H,10,11);2H2,1H3. The minimum atomic E-state index is -0.0521. The molecule has 0 radical (unpaired) electrons. The first-order chi connectivity index (χ1) is 6.36. The normalized spacial score (nSPS) is 9.08. The van der Waals surface area contributed by atoms with Gasteiger partial charge >= 0.3 is 0 Å². The van der Waals surface area contributed by atoms with E-state index < -0.39 is 0 Å². The lowest BCUT2D eigenvalue weighted by Gasteiger charge is -1.93. The van der Waals surface area contributed by atoms with Crippen LogP contribution < -0.4 is 11.3 Å². The Hall–Kier alpha value is -1.61. The van der Waals surface area contributed by atoms with Crippen molar-refractivity contribution in [3.05, 3.63) is 46.8 Å². The van der Waals surface area contributed by atoms with E-state index in [4.69, 9.17) is 0 Å². The van der Waals surface area contributed by atoms with E-state index in [1.54, 1.807) is 0 Å². The molecule has 0 saturated carbocycles. The van der Waals surface area contributed by atoms with Crippen LogP contribution in [-0.2, 0) is 0 Å². The third-order valence-electron chi connectivity index (χ3n) is 1.63. The second-order valence-corrected chi connectivity index (χ2v) is 2.41. The van der Waals surface area contributed by atoms with Crippen LogP contribution in [0, 0.1) is 0 Å². The number of benzene rings is 1. The lowest BCUT2D eigenvalue weighted by Crippen LogP contribution is -2.01. The maximum atomic E-state index is 10.8. The molecular weight excluding hydrogens is 164 g/mol. The number of rotatable bonds is 0. The predicted molar refractivity (Wildman–Crippen MR) is 54.7 cm³/mol. The Morgan fingerprint density at radius 2 is 1.77 bits per heavy atom. The number of hydrogen-bond acceptors (Lipinski definition) is 2. The third kappa shape index (κ3) is 2.16. The molecule has 0 aliphatic heterocycles. The van der Waals surface area contributed by atoms with Crippen molar-refractivity contribution in [2.75, 3.05) is 7.05 Å². The molecule has 3 nitrogen and oxygen atoms in total. The van der Waals surface area contributed by atoms with Crippen LogP contribution in [0.5, 0.6) is 0 Å². The van der Waals surface area contributed by atoms with Gasteiger partial charge in [-0.25, -0.2) is 0 Å².